The fourth-order valence-corrected chi connectivity index (χ4v) is 2.05. The van der Waals surface area contributed by atoms with Crippen molar-refractivity contribution in [1.29, 1.82) is 0 Å². The molecule has 0 aliphatic carbocycles. The van der Waals surface area contributed by atoms with Gasteiger partial charge in [0, 0.05) is 6.54 Å². The maximum absolute atomic E-state index is 13.5. The van der Waals surface area contributed by atoms with Crippen LogP contribution in [0.3, 0.4) is 0 Å². The van der Waals surface area contributed by atoms with Crippen LogP contribution in [0.2, 0.25) is 0 Å². The van der Waals surface area contributed by atoms with Gasteiger partial charge < -0.3 is 14.8 Å². The number of ether oxygens (including phenoxy) is 2. The summed E-state index contributed by atoms with van der Waals surface area (Å²) in [4.78, 5) is 12.0. The third-order valence-electron chi connectivity index (χ3n) is 3.38. The van der Waals surface area contributed by atoms with E-state index in [9.17, 15) is 9.18 Å². The molecular weight excluding hydrogens is 297 g/mol. The molecular formula is C18H20FNO3. The highest BCUT2D eigenvalue weighted by atomic mass is 19.1. The number of hydrogen-bond donors (Lipinski definition) is 1. The molecule has 0 radical (unpaired) electrons. The van der Waals surface area contributed by atoms with E-state index in [1.807, 2.05) is 24.3 Å². The Kier molecular flexibility index (Phi) is 5.97. The zero-order valence-corrected chi connectivity index (χ0v) is 13.2. The molecule has 0 aliphatic rings. The van der Waals surface area contributed by atoms with Crippen molar-refractivity contribution in [1.82, 2.24) is 5.32 Å². The molecule has 122 valence electrons. The van der Waals surface area contributed by atoms with E-state index in [0.29, 0.717) is 13.0 Å². The highest BCUT2D eigenvalue weighted by molar-refractivity contribution is 5.80. The van der Waals surface area contributed by atoms with E-state index in [1.54, 1.807) is 26.2 Å². The molecule has 0 aliphatic heterocycles. The Morgan fingerprint density at radius 3 is 2.52 bits per heavy atom. The molecule has 0 saturated heterocycles. The lowest BCUT2D eigenvalue weighted by Crippen LogP contribution is -2.37. The van der Waals surface area contributed by atoms with Gasteiger partial charge in [0.15, 0.2) is 17.7 Å². The van der Waals surface area contributed by atoms with Gasteiger partial charge in [-0.15, -0.1) is 0 Å². The van der Waals surface area contributed by atoms with Gasteiger partial charge in [-0.1, -0.05) is 24.3 Å². The fourth-order valence-electron chi connectivity index (χ4n) is 2.05. The lowest BCUT2D eigenvalue weighted by molar-refractivity contribution is -0.127. The molecule has 4 nitrogen and oxygen atoms in total. The first-order valence-corrected chi connectivity index (χ1v) is 7.42. The van der Waals surface area contributed by atoms with Gasteiger partial charge in [-0.2, -0.15) is 0 Å². The normalized spacial score (nSPS) is 11.6. The van der Waals surface area contributed by atoms with E-state index in [2.05, 4.69) is 5.32 Å². The summed E-state index contributed by atoms with van der Waals surface area (Å²) < 4.78 is 23.9. The van der Waals surface area contributed by atoms with Crippen molar-refractivity contribution in [2.45, 2.75) is 19.4 Å². The number of halogens is 1. The molecule has 1 amide bonds. The van der Waals surface area contributed by atoms with E-state index in [0.717, 1.165) is 11.3 Å². The molecule has 2 aromatic rings. The maximum atomic E-state index is 13.5. The molecule has 0 spiro atoms. The standard InChI is InChI=1S/C18H20FNO3/c1-13(23-17-6-4-3-5-16(17)19)18(21)20-12-11-14-7-9-15(22-2)10-8-14/h3-10,13H,11-12H2,1-2H3,(H,20,21). The van der Waals surface area contributed by atoms with Crippen molar-refractivity contribution in [3.63, 3.8) is 0 Å². The van der Waals surface area contributed by atoms with Gasteiger partial charge in [-0.25, -0.2) is 4.39 Å². The van der Waals surface area contributed by atoms with Gasteiger partial charge in [0.05, 0.1) is 7.11 Å². The Morgan fingerprint density at radius 1 is 1.17 bits per heavy atom. The van der Waals surface area contributed by atoms with Gasteiger partial charge >= 0.3 is 0 Å². The molecule has 0 heterocycles. The summed E-state index contributed by atoms with van der Waals surface area (Å²) in [6.45, 7) is 2.07. The van der Waals surface area contributed by atoms with Crippen molar-refractivity contribution < 1.29 is 18.7 Å². The minimum atomic E-state index is -0.761. The Bertz CT molecular complexity index is 643. The quantitative estimate of drug-likeness (QED) is 0.854. The number of carbonyl (C=O) groups excluding carboxylic acids is 1. The lowest BCUT2D eigenvalue weighted by atomic mass is 10.1. The summed E-state index contributed by atoms with van der Waals surface area (Å²) in [7, 11) is 1.62. The van der Waals surface area contributed by atoms with Crippen LogP contribution in [-0.4, -0.2) is 25.7 Å². The van der Waals surface area contributed by atoms with E-state index in [1.165, 1.54) is 12.1 Å². The molecule has 0 bridgehead atoms. The molecule has 0 aromatic heterocycles. The van der Waals surface area contributed by atoms with Crippen LogP contribution in [0.5, 0.6) is 11.5 Å². The average molecular weight is 317 g/mol. The van der Waals surface area contributed by atoms with Gasteiger partial charge in [0.25, 0.3) is 5.91 Å². The molecule has 0 saturated carbocycles. The summed E-state index contributed by atoms with van der Waals surface area (Å²) >= 11 is 0. The number of benzene rings is 2. The van der Waals surface area contributed by atoms with Crippen LogP contribution in [0.1, 0.15) is 12.5 Å². The molecule has 1 N–H and O–H groups in total. The van der Waals surface area contributed by atoms with E-state index < -0.39 is 11.9 Å². The Balaban J connectivity index is 1.78. The molecule has 5 heteroatoms. The van der Waals surface area contributed by atoms with Crippen LogP contribution in [0, 0.1) is 5.82 Å². The molecule has 23 heavy (non-hydrogen) atoms. The number of amides is 1. The summed E-state index contributed by atoms with van der Waals surface area (Å²) in [6.07, 6.45) is -0.0647. The summed E-state index contributed by atoms with van der Waals surface area (Å²) in [6, 6.07) is 13.7. The molecule has 2 rings (SSSR count). The number of para-hydroxylation sites is 1. The number of rotatable bonds is 7. The third-order valence-corrected chi connectivity index (χ3v) is 3.38. The van der Waals surface area contributed by atoms with Crippen molar-refractivity contribution in [2.24, 2.45) is 0 Å². The van der Waals surface area contributed by atoms with Crippen LogP contribution in [0.4, 0.5) is 4.39 Å². The monoisotopic (exact) mass is 317 g/mol. The van der Waals surface area contributed by atoms with E-state index in [4.69, 9.17) is 9.47 Å². The molecule has 0 fully saturated rings. The SMILES string of the molecule is COc1ccc(CCNC(=O)C(C)Oc2ccccc2F)cc1. The first-order valence-electron chi connectivity index (χ1n) is 7.42. The Labute approximate surface area is 135 Å². The summed E-state index contributed by atoms with van der Waals surface area (Å²) in [5.41, 5.74) is 1.09. The molecule has 2 aromatic carbocycles. The van der Waals surface area contributed by atoms with Gasteiger partial charge in [-0.05, 0) is 43.2 Å². The number of nitrogens with one attached hydrogen (secondary N) is 1. The first-order chi connectivity index (χ1) is 11.1. The second-order valence-corrected chi connectivity index (χ2v) is 5.08. The number of carbonyl (C=O) groups is 1. The predicted molar refractivity (Wildman–Crippen MR) is 86.2 cm³/mol. The van der Waals surface area contributed by atoms with E-state index in [-0.39, 0.29) is 11.7 Å². The van der Waals surface area contributed by atoms with Crippen molar-refractivity contribution in [3.05, 3.63) is 59.9 Å². The first kappa shape index (κ1) is 16.8. The number of methoxy groups -OCH3 is 1. The van der Waals surface area contributed by atoms with Gasteiger partial charge in [0.1, 0.15) is 5.75 Å². The van der Waals surface area contributed by atoms with Crippen LogP contribution in [0.25, 0.3) is 0 Å². The highest BCUT2D eigenvalue weighted by Crippen LogP contribution is 2.17. The van der Waals surface area contributed by atoms with Crippen molar-refractivity contribution in [2.75, 3.05) is 13.7 Å². The molecule has 1 unspecified atom stereocenters. The van der Waals surface area contributed by atoms with Crippen molar-refractivity contribution in [3.8, 4) is 11.5 Å². The topological polar surface area (TPSA) is 47.6 Å². The van der Waals surface area contributed by atoms with Crippen molar-refractivity contribution >= 4 is 5.91 Å². The van der Waals surface area contributed by atoms with Crippen LogP contribution < -0.4 is 14.8 Å². The second kappa shape index (κ2) is 8.17. The van der Waals surface area contributed by atoms with Crippen LogP contribution >= 0.6 is 0 Å². The van der Waals surface area contributed by atoms with Crippen LogP contribution in [-0.2, 0) is 11.2 Å². The Hall–Kier alpha value is -2.56. The average Bonchev–Trinajstić information content (AvgIpc) is 2.57. The lowest BCUT2D eigenvalue weighted by Gasteiger charge is -2.15. The largest absolute Gasteiger partial charge is 0.497 e. The smallest absolute Gasteiger partial charge is 0.260 e. The maximum Gasteiger partial charge on any atom is 0.260 e. The Morgan fingerprint density at radius 2 is 1.87 bits per heavy atom. The van der Waals surface area contributed by atoms with E-state index >= 15 is 0 Å². The summed E-state index contributed by atoms with van der Waals surface area (Å²) in [5.74, 6) is 0.113. The zero-order valence-electron chi connectivity index (χ0n) is 13.2. The summed E-state index contributed by atoms with van der Waals surface area (Å²) in [5, 5.41) is 2.78. The highest BCUT2D eigenvalue weighted by Gasteiger charge is 2.15. The molecule has 1 atom stereocenters. The number of hydrogen-bond acceptors (Lipinski definition) is 3. The fraction of sp³-hybridized carbons (Fsp3) is 0.278. The third kappa shape index (κ3) is 4.98. The minimum Gasteiger partial charge on any atom is -0.497 e. The minimum absolute atomic E-state index is 0.0744. The van der Waals surface area contributed by atoms with Gasteiger partial charge in [0.2, 0.25) is 0 Å². The predicted octanol–water partition coefficient (Wildman–Crippen LogP) is 2.96. The van der Waals surface area contributed by atoms with Crippen LogP contribution in [0.15, 0.2) is 48.5 Å². The van der Waals surface area contributed by atoms with Gasteiger partial charge in [-0.3, -0.25) is 4.79 Å². The zero-order chi connectivity index (χ0) is 16.7. The second-order valence-electron chi connectivity index (χ2n) is 5.08.